The van der Waals surface area contributed by atoms with Gasteiger partial charge in [0, 0.05) is 44.6 Å². The lowest BCUT2D eigenvalue weighted by molar-refractivity contribution is 0.469. The Morgan fingerprint density at radius 3 is 2.58 bits per heavy atom. The van der Waals surface area contributed by atoms with Crippen molar-refractivity contribution in [2.24, 2.45) is 7.05 Å². The van der Waals surface area contributed by atoms with Crippen LogP contribution in [-0.2, 0) is 13.6 Å². The fraction of sp³-hybridized carbons (Fsp3) is 0.500. The van der Waals surface area contributed by atoms with E-state index in [4.69, 9.17) is 0 Å². The molecule has 4 heterocycles. The van der Waals surface area contributed by atoms with Gasteiger partial charge < -0.3 is 14.0 Å². The second kappa shape index (κ2) is 6.86. The first-order chi connectivity index (χ1) is 12.6. The number of nitrogens with zero attached hydrogens (tertiary/aromatic N) is 8. The summed E-state index contributed by atoms with van der Waals surface area (Å²) >= 11 is 0. The molecule has 1 saturated heterocycles. The average Bonchev–Trinajstić information content (AvgIpc) is 3.22. The SMILES string of the molecule is Cc1nccc(N2CCC(c3nnc(Cn4ccnc4C)n3C)CC2)n1. The Balaban J connectivity index is 1.44. The maximum atomic E-state index is 4.54. The second-order valence-electron chi connectivity index (χ2n) is 6.86. The van der Waals surface area contributed by atoms with Crippen LogP contribution >= 0.6 is 0 Å². The Labute approximate surface area is 152 Å². The van der Waals surface area contributed by atoms with E-state index < -0.39 is 0 Å². The van der Waals surface area contributed by atoms with Crippen LogP contribution < -0.4 is 4.90 Å². The predicted octanol–water partition coefficient (Wildman–Crippen LogP) is 1.85. The fourth-order valence-corrected chi connectivity index (χ4v) is 3.58. The van der Waals surface area contributed by atoms with Gasteiger partial charge in [0.15, 0.2) is 5.82 Å². The number of imidazole rings is 1. The van der Waals surface area contributed by atoms with Crippen molar-refractivity contribution < 1.29 is 0 Å². The first kappa shape index (κ1) is 16.7. The minimum Gasteiger partial charge on any atom is -0.356 e. The number of piperidine rings is 1. The summed E-state index contributed by atoms with van der Waals surface area (Å²) in [6, 6.07) is 1.99. The van der Waals surface area contributed by atoms with Gasteiger partial charge in [0.2, 0.25) is 0 Å². The van der Waals surface area contributed by atoms with E-state index in [2.05, 4.69) is 46.2 Å². The van der Waals surface area contributed by atoms with Gasteiger partial charge in [-0.25, -0.2) is 15.0 Å². The lowest BCUT2D eigenvalue weighted by atomic mass is 9.96. The molecule has 136 valence electrons. The fourth-order valence-electron chi connectivity index (χ4n) is 3.58. The number of aryl methyl sites for hydroxylation is 2. The molecule has 3 aromatic heterocycles. The van der Waals surface area contributed by atoms with Gasteiger partial charge in [-0.1, -0.05) is 0 Å². The molecule has 1 aliphatic rings. The quantitative estimate of drug-likeness (QED) is 0.713. The lowest BCUT2D eigenvalue weighted by Gasteiger charge is -2.32. The van der Waals surface area contributed by atoms with Crippen molar-refractivity contribution in [3.8, 4) is 0 Å². The Morgan fingerprint density at radius 2 is 1.88 bits per heavy atom. The summed E-state index contributed by atoms with van der Waals surface area (Å²) < 4.78 is 4.24. The first-order valence-electron chi connectivity index (χ1n) is 9.02. The van der Waals surface area contributed by atoms with Crippen LogP contribution in [0.5, 0.6) is 0 Å². The zero-order valence-electron chi connectivity index (χ0n) is 15.5. The van der Waals surface area contributed by atoms with Crippen molar-refractivity contribution in [2.75, 3.05) is 18.0 Å². The standard InChI is InChI=1S/C18H24N8/c1-13-19-7-4-16(21-13)25-9-5-15(6-10-25)18-23-22-17(24(18)3)12-26-11-8-20-14(26)2/h4,7-8,11,15H,5-6,9-10,12H2,1-3H3. The Bertz CT molecular complexity index is 888. The van der Waals surface area contributed by atoms with Crippen molar-refractivity contribution in [1.29, 1.82) is 0 Å². The van der Waals surface area contributed by atoms with E-state index in [0.29, 0.717) is 12.5 Å². The smallest absolute Gasteiger partial charge is 0.152 e. The highest BCUT2D eigenvalue weighted by molar-refractivity contribution is 5.38. The van der Waals surface area contributed by atoms with Crippen LogP contribution in [0, 0.1) is 13.8 Å². The summed E-state index contributed by atoms with van der Waals surface area (Å²) in [6.45, 7) is 6.59. The van der Waals surface area contributed by atoms with Gasteiger partial charge in [-0.05, 0) is 32.8 Å². The third kappa shape index (κ3) is 3.18. The van der Waals surface area contributed by atoms with Gasteiger partial charge in [-0.15, -0.1) is 10.2 Å². The van der Waals surface area contributed by atoms with Crippen LogP contribution in [-0.4, -0.2) is 47.4 Å². The molecule has 0 saturated carbocycles. The van der Waals surface area contributed by atoms with E-state index >= 15 is 0 Å². The highest BCUT2D eigenvalue weighted by atomic mass is 15.3. The third-order valence-corrected chi connectivity index (χ3v) is 5.18. The predicted molar refractivity (Wildman–Crippen MR) is 98.0 cm³/mol. The summed E-state index contributed by atoms with van der Waals surface area (Å²) in [5.41, 5.74) is 0. The van der Waals surface area contributed by atoms with Gasteiger partial charge in [-0.3, -0.25) is 0 Å². The van der Waals surface area contributed by atoms with E-state index in [9.17, 15) is 0 Å². The topological polar surface area (TPSA) is 77.5 Å². The van der Waals surface area contributed by atoms with Crippen molar-refractivity contribution in [2.45, 2.75) is 39.2 Å². The van der Waals surface area contributed by atoms with Gasteiger partial charge in [0.05, 0.1) is 6.54 Å². The zero-order valence-corrected chi connectivity index (χ0v) is 15.5. The Morgan fingerprint density at radius 1 is 1.08 bits per heavy atom. The summed E-state index contributed by atoms with van der Waals surface area (Å²) in [6.07, 6.45) is 7.73. The van der Waals surface area contributed by atoms with Gasteiger partial charge in [-0.2, -0.15) is 0 Å². The van der Waals surface area contributed by atoms with Crippen LogP contribution in [0.25, 0.3) is 0 Å². The molecule has 1 fully saturated rings. The van der Waals surface area contributed by atoms with E-state index in [1.54, 1.807) is 0 Å². The van der Waals surface area contributed by atoms with E-state index in [1.165, 1.54) is 0 Å². The maximum absolute atomic E-state index is 4.54. The summed E-state index contributed by atoms with van der Waals surface area (Å²) in [5, 5.41) is 8.92. The van der Waals surface area contributed by atoms with E-state index in [0.717, 1.165) is 55.0 Å². The lowest BCUT2D eigenvalue weighted by Crippen LogP contribution is -2.34. The number of hydrogen-bond donors (Lipinski definition) is 0. The molecule has 0 spiro atoms. The van der Waals surface area contributed by atoms with Crippen molar-refractivity contribution in [3.05, 3.63) is 48.0 Å². The normalized spacial score (nSPS) is 15.6. The largest absolute Gasteiger partial charge is 0.356 e. The minimum atomic E-state index is 0.435. The maximum Gasteiger partial charge on any atom is 0.152 e. The van der Waals surface area contributed by atoms with Crippen LogP contribution in [0.4, 0.5) is 5.82 Å². The molecule has 8 heteroatoms. The molecule has 0 unspecified atom stereocenters. The minimum absolute atomic E-state index is 0.435. The Hall–Kier alpha value is -2.77. The molecule has 0 radical (unpaired) electrons. The summed E-state index contributed by atoms with van der Waals surface area (Å²) in [7, 11) is 2.07. The van der Waals surface area contributed by atoms with E-state index in [1.807, 2.05) is 38.5 Å². The molecule has 8 nitrogen and oxygen atoms in total. The summed E-state index contributed by atoms with van der Waals surface area (Å²) in [5.74, 6) is 5.31. The number of rotatable bonds is 4. The molecule has 26 heavy (non-hydrogen) atoms. The molecule has 0 atom stereocenters. The molecule has 0 amide bonds. The molecule has 1 aliphatic heterocycles. The van der Waals surface area contributed by atoms with Crippen LogP contribution in [0.3, 0.4) is 0 Å². The molecular weight excluding hydrogens is 328 g/mol. The summed E-state index contributed by atoms with van der Waals surface area (Å²) in [4.78, 5) is 15.3. The van der Waals surface area contributed by atoms with Crippen LogP contribution in [0.1, 0.15) is 42.1 Å². The van der Waals surface area contributed by atoms with Gasteiger partial charge in [0.25, 0.3) is 0 Å². The Kier molecular flexibility index (Phi) is 4.40. The van der Waals surface area contributed by atoms with Crippen LogP contribution in [0.2, 0.25) is 0 Å². The van der Waals surface area contributed by atoms with E-state index in [-0.39, 0.29) is 0 Å². The monoisotopic (exact) mass is 352 g/mol. The van der Waals surface area contributed by atoms with Crippen molar-refractivity contribution >= 4 is 5.82 Å². The van der Waals surface area contributed by atoms with Gasteiger partial charge >= 0.3 is 0 Å². The molecule has 3 aromatic rings. The highest BCUT2D eigenvalue weighted by Crippen LogP contribution is 2.28. The molecule has 0 N–H and O–H groups in total. The van der Waals surface area contributed by atoms with Crippen molar-refractivity contribution in [1.82, 2.24) is 34.3 Å². The number of aromatic nitrogens is 7. The number of anilines is 1. The molecule has 4 rings (SSSR count). The number of hydrogen-bond acceptors (Lipinski definition) is 6. The van der Waals surface area contributed by atoms with Crippen molar-refractivity contribution in [3.63, 3.8) is 0 Å². The zero-order chi connectivity index (χ0) is 18.1. The van der Waals surface area contributed by atoms with Gasteiger partial charge in [0.1, 0.15) is 23.3 Å². The second-order valence-corrected chi connectivity index (χ2v) is 6.86. The highest BCUT2D eigenvalue weighted by Gasteiger charge is 2.26. The first-order valence-corrected chi connectivity index (χ1v) is 9.02. The molecule has 0 bridgehead atoms. The average molecular weight is 352 g/mol. The third-order valence-electron chi connectivity index (χ3n) is 5.18. The molecule has 0 aromatic carbocycles. The molecule has 0 aliphatic carbocycles. The van der Waals surface area contributed by atoms with Crippen LogP contribution in [0.15, 0.2) is 24.7 Å². The molecular formula is C18H24N8.